The van der Waals surface area contributed by atoms with Crippen molar-refractivity contribution in [1.82, 2.24) is 0 Å². The molecule has 2 N–H and O–H groups in total. The van der Waals surface area contributed by atoms with Gasteiger partial charge in [0, 0.05) is 6.42 Å². The minimum atomic E-state index is -1.45. The Hall–Kier alpha value is -0.980. The molecule has 0 radical (unpaired) electrons. The van der Waals surface area contributed by atoms with E-state index in [0.29, 0.717) is 0 Å². The lowest BCUT2D eigenvalue weighted by Crippen LogP contribution is -2.52. The third-order valence-electron chi connectivity index (χ3n) is 2.17. The Morgan fingerprint density at radius 2 is 2.27 bits per heavy atom. The van der Waals surface area contributed by atoms with Gasteiger partial charge in [0.1, 0.15) is 31.5 Å². The van der Waals surface area contributed by atoms with Crippen LogP contribution >= 0.6 is 0 Å². The van der Waals surface area contributed by atoms with Crippen molar-refractivity contribution in [2.45, 2.75) is 31.7 Å². The zero-order valence-electron chi connectivity index (χ0n) is 8.38. The highest BCUT2D eigenvalue weighted by Crippen LogP contribution is 2.12. The molecule has 6 heteroatoms. The molecule has 0 aromatic heterocycles. The summed E-state index contributed by atoms with van der Waals surface area (Å²) in [5.41, 5.74) is 0. The number of hydrogen-bond acceptors (Lipinski definition) is 6. The molecule has 0 saturated carbocycles. The number of carbonyl (C=O) groups is 2. The van der Waals surface area contributed by atoms with Gasteiger partial charge in [-0.15, -0.1) is 0 Å². The molecule has 0 aromatic carbocycles. The highest BCUT2D eigenvalue weighted by atomic mass is 16.6. The monoisotopic (exact) mass is 218 g/mol. The van der Waals surface area contributed by atoms with Gasteiger partial charge in [-0.25, -0.2) is 0 Å². The summed E-state index contributed by atoms with van der Waals surface area (Å²) < 4.78 is 9.67. The van der Waals surface area contributed by atoms with Crippen molar-refractivity contribution in [3.8, 4) is 0 Å². The van der Waals surface area contributed by atoms with Crippen LogP contribution in [0.1, 0.15) is 13.3 Å². The Bertz CT molecular complexity index is 251. The van der Waals surface area contributed by atoms with Gasteiger partial charge in [0.05, 0.1) is 0 Å². The van der Waals surface area contributed by atoms with Crippen LogP contribution in [-0.2, 0) is 19.1 Å². The summed E-state index contributed by atoms with van der Waals surface area (Å²) in [6.07, 6.45) is -3.40. The van der Waals surface area contributed by atoms with Crippen LogP contribution < -0.4 is 0 Å². The standard InChI is InChI=1S/C9H14O6/c1-2-7(11)15-4-6-9(13)8(12)5(10)3-14-6/h6,8-9,12-13H,2-4H2,1H3/t6?,8?,9-/m1/s1. The van der Waals surface area contributed by atoms with E-state index in [1.54, 1.807) is 6.92 Å². The highest BCUT2D eigenvalue weighted by Gasteiger charge is 2.37. The van der Waals surface area contributed by atoms with Gasteiger partial charge in [-0.2, -0.15) is 0 Å². The summed E-state index contributed by atoms with van der Waals surface area (Å²) in [7, 11) is 0. The molecule has 15 heavy (non-hydrogen) atoms. The van der Waals surface area contributed by atoms with Crippen LogP contribution in [0.2, 0.25) is 0 Å². The van der Waals surface area contributed by atoms with E-state index >= 15 is 0 Å². The third-order valence-corrected chi connectivity index (χ3v) is 2.17. The largest absolute Gasteiger partial charge is 0.463 e. The molecular weight excluding hydrogens is 204 g/mol. The maximum atomic E-state index is 10.9. The van der Waals surface area contributed by atoms with Gasteiger partial charge < -0.3 is 19.7 Å². The number of ether oxygens (including phenoxy) is 2. The Morgan fingerprint density at radius 3 is 2.87 bits per heavy atom. The maximum Gasteiger partial charge on any atom is 0.305 e. The zero-order valence-corrected chi connectivity index (χ0v) is 8.38. The van der Waals surface area contributed by atoms with Gasteiger partial charge in [-0.05, 0) is 0 Å². The molecule has 1 aliphatic heterocycles. The van der Waals surface area contributed by atoms with E-state index in [1.807, 2.05) is 0 Å². The first-order valence-electron chi connectivity index (χ1n) is 4.72. The van der Waals surface area contributed by atoms with Crippen molar-refractivity contribution in [1.29, 1.82) is 0 Å². The predicted molar refractivity (Wildman–Crippen MR) is 48.0 cm³/mol. The number of rotatable bonds is 3. The molecule has 0 bridgehead atoms. The van der Waals surface area contributed by atoms with E-state index in [0.717, 1.165) is 0 Å². The van der Waals surface area contributed by atoms with Gasteiger partial charge >= 0.3 is 5.97 Å². The Kier molecular flexibility index (Phi) is 4.19. The minimum absolute atomic E-state index is 0.155. The summed E-state index contributed by atoms with van der Waals surface area (Å²) in [5, 5.41) is 18.6. The predicted octanol–water partition coefficient (Wildman–Crippen LogP) is -1.37. The smallest absolute Gasteiger partial charge is 0.305 e. The molecule has 1 heterocycles. The number of esters is 1. The first kappa shape index (κ1) is 12.1. The van der Waals surface area contributed by atoms with Crippen molar-refractivity contribution >= 4 is 11.8 Å². The van der Waals surface area contributed by atoms with Crippen molar-refractivity contribution in [2.24, 2.45) is 0 Å². The van der Waals surface area contributed by atoms with Crippen molar-refractivity contribution in [3.63, 3.8) is 0 Å². The number of carbonyl (C=O) groups excluding carboxylic acids is 2. The van der Waals surface area contributed by atoms with Gasteiger partial charge in [0.25, 0.3) is 0 Å². The summed E-state index contributed by atoms with van der Waals surface area (Å²) in [4.78, 5) is 21.7. The average Bonchev–Trinajstić information content (AvgIpc) is 2.24. The van der Waals surface area contributed by atoms with Crippen LogP contribution in [0.15, 0.2) is 0 Å². The van der Waals surface area contributed by atoms with E-state index in [1.165, 1.54) is 0 Å². The summed E-state index contributed by atoms with van der Waals surface area (Å²) in [6.45, 7) is 1.21. The lowest BCUT2D eigenvalue weighted by atomic mass is 10.0. The molecule has 0 aliphatic carbocycles. The molecule has 2 unspecified atom stereocenters. The van der Waals surface area contributed by atoms with E-state index in [-0.39, 0.29) is 19.6 Å². The number of aliphatic hydroxyl groups excluding tert-OH is 2. The van der Waals surface area contributed by atoms with Crippen molar-refractivity contribution in [3.05, 3.63) is 0 Å². The van der Waals surface area contributed by atoms with Crippen molar-refractivity contribution < 1.29 is 29.3 Å². The molecule has 1 fully saturated rings. The van der Waals surface area contributed by atoms with Crippen LogP contribution in [-0.4, -0.2) is 53.5 Å². The lowest BCUT2D eigenvalue weighted by Gasteiger charge is -2.30. The third kappa shape index (κ3) is 2.98. The lowest BCUT2D eigenvalue weighted by molar-refractivity contribution is -0.177. The SMILES string of the molecule is CCC(=O)OCC1OCC(=O)C(O)[C@@H]1O. The molecule has 86 valence electrons. The number of aliphatic hydroxyl groups is 2. The zero-order chi connectivity index (χ0) is 11.4. The molecular formula is C9H14O6. The van der Waals surface area contributed by atoms with Crippen LogP contribution in [0.4, 0.5) is 0 Å². The molecule has 1 aliphatic rings. The highest BCUT2D eigenvalue weighted by molar-refractivity contribution is 5.85. The van der Waals surface area contributed by atoms with Crippen LogP contribution in [0.25, 0.3) is 0 Å². The minimum Gasteiger partial charge on any atom is -0.463 e. The first-order chi connectivity index (χ1) is 7.06. The van der Waals surface area contributed by atoms with E-state index in [4.69, 9.17) is 9.47 Å². The molecule has 6 nitrogen and oxygen atoms in total. The first-order valence-corrected chi connectivity index (χ1v) is 4.72. The number of Topliss-reactive ketones (excluding diaryl/α,β-unsaturated/α-hetero) is 1. The fourth-order valence-corrected chi connectivity index (χ4v) is 1.19. The molecule has 0 aromatic rings. The molecule has 3 atom stereocenters. The molecule has 0 spiro atoms. The topological polar surface area (TPSA) is 93.1 Å². The quantitative estimate of drug-likeness (QED) is 0.568. The number of hydrogen-bond donors (Lipinski definition) is 2. The maximum absolute atomic E-state index is 10.9. The second-order valence-corrected chi connectivity index (χ2v) is 3.29. The summed E-state index contributed by atoms with van der Waals surface area (Å²) in [5.74, 6) is -0.988. The van der Waals surface area contributed by atoms with Gasteiger partial charge in [-0.1, -0.05) is 6.92 Å². The van der Waals surface area contributed by atoms with Gasteiger partial charge in [-0.3, -0.25) is 9.59 Å². The van der Waals surface area contributed by atoms with E-state index < -0.39 is 30.1 Å². The summed E-state index contributed by atoms with van der Waals surface area (Å²) >= 11 is 0. The van der Waals surface area contributed by atoms with E-state index in [2.05, 4.69) is 0 Å². The van der Waals surface area contributed by atoms with Crippen LogP contribution in [0.5, 0.6) is 0 Å². The van der Waals surface area contributed by atoms with Crippen molar-refractivity contribution in [2.75, 3.05) is 13.2 Å². The summed E-state index contributed by atoms with van der Waals surface area (Å²) in [6, 6.07) is 0. The fraction of sp³-hybridized carbons (Fsp3) is 0.778. The Balaban J connectivity index is 2.42. The fourth-order valence-electron chi connectivity index (χ4n) is 1.19. The van der Waals surface area contributed by atoms with Crippen LogP contribution in [0, 0.1) is 0 Å². The Labute approximate surface area is 86.8 Å². The molecule has 0 amide bonds. The molecule has 1 saturated heterocycles. The normalized spacial score (nSPS) is 31.4. The van der Waals surface area contributed by atoms with Gasteiger partial charge in [0.15, 0.2) is 5.78 Å². The Morgan fingerprint density at radius 1 is 1.60 bits per heavy atom. The van der Waals surface area contributed by atoms with Gasteiger partial charge in [0.2, 0.25) is 0 Å². The number of ketones is 1. The second-order valence-electron chi connectivity index (χ2n) is 3.29. The molecule has 1 rings (SSSR count). The van der Waals surface area contributed by atoms with E-state index in [9.17, 15) is 19.8 Å². The second kappa shape index (κ2) is 5.20. The van der Waals surface area contributed by atoms with Crippen LogP contribution in [0.3, 0.4) is 0 Å². The average molecular weight is 218 g/mol.